The van der Waals surface area contributed by atoms with Crippen molar-refractivity contribution in [3.63, 3.8) is 0 Å². The number of carbonyl (C=O) groups is 1. The summed E-state index contributed by atoms with van der Waals surface area (Å²) in [5, 5.41) is 0. The number of hydrogen-bond acceptors (Lipinski definition) is 4. The first-order valence-electron chi connectivity index (χ1n) is 6.87. The molecule has 4 nitrogen and oxygen atoms in total. The van der Waals surface area contributed by atoms with Gasteiger partial charge in [0.05, 0.1) is 12.1 Å². The summed E-state index contributed by atoms with van der Waals surface area (Å²) >= 11 is 1.74. The molecule has 3 atom stereocenters. The van der Waals surface area contributed by atoms with Gasteiger partial charge in [-0.1, -0.05) is 0 Å². The minimum absolute atomic E-state index is 0.132. The SMILES string of the molecule is CSCC[C@H](N)C(=O)N1CC[C@@H]2OCCC[C@H]2C1. The molecule has 104 valence electrons. The zero-order valence-corrected chi connectivity index (χ0v) is 12.0. The highest BCUT2D eigenvalue weighted by molar-refractivity contribution is 7.98. The molecule has 2 saturated heterocycles. The first kappa shape index (κ1) is 14.2. The number of hydrogen-bond donors (Lipinski definition) is 1. The largest absolute Gasteiger partial charge is 0.378 e. The molecule has 0 aromatic rings. The Bertz CT molecular complexity index is 288. The molecular weight excluding hydrogens is 248 g/mol. The van der Waals surface area contributed by atoms with Crippen LogP contribution in [-0.4, -0.2) is 54.7 Å². The lowest BCUT2D eigenvalue weighted by Crippen LogP contribution is -2.52. The van der Waals surface area contributed by atoms with Gasteiger partial charge in [-0.2, -0.15) is 11.8 Å². The van der Waals surface area contributed by atoms with E-state index >= 15 is 0 Å². The predicted octanol–water partition coefficient (Wildman–Crippen LogP) is 1.09. The Kier molecular flexibility index (Phi) is 5.33. The number of fused-ring (bicyclic) bond motifs is 1. The molecule has 0 aromatic carbocycles. The van der Waals surface area contributed by atoms with Gasteiger partial charge in [0, 0.05) is 25.6 Å². The molecule has 2 rings (SSSR count). The molecule has 0 bridgehead atoms. The van der Waals surface area contributed by atoms with Crippen LogP contribution in [-0.2, 0) is 9.53 Å². The van der Waals surface area contributed by atoms with Crippen molar-refractivity contribution in [1.29, 1.82) is 0 Å². The zero-order chi connectivity index (χ0) is 13.0. The molecular formula is C13H24N2O2S. The fourth-order valence-corrected chi connectivity index (χ4v) is 3.38. The van der Waals surface area contributed by atoms with Crippen molar-refractivity contribution in [2.75, 3.05) is 31.7 Å². The smallest absolute Gasteiger partial charge is 0.239 e. The third-order valence-electron chi connectivity index (χ3n) is 3.98. The maximum Gasteiger partial charge on any atom is 0.239 e. The van der Waals surface area contributed by atoms with Crippen molar-refractivity contribution in [1.82, 2.24) is 4.90 Å². The molecule has 2 fully saturated rings. The maximum atomic E-state index is 12.2. The van der Waals surface area contributed by atoms with Crippen LogP contribution in [0.2, 0.25) is 0 Å². The van der Waals surface area contributed by atoms with E-state index in [1.807, 2.05) is 11.2 Å². The average Bonchev–Trinajstić information content (AvgIpc) is 2.43. The Morgan fingerprint density at radius 1 is 1.56 bits per heavy atom. The summed E-state index contributed by atoms with van der Waals surface area (Å²) in [6.45, 7) is 2.55. The highest BCUT2D eigenvalue weighted by Crippen LogP contribution is 2.28. The van der Waals surface area contributed by atoms with Crippen LogP contribution < -0.4 is 5.73 Å². The molecule has 0 spiro atoms. The van der Waals surface area contributed by atoms with E-state index in [1.165, 1.54) is 6.42 Å². The highest BCUT2D eigenvalue weighted by Gasteiger charge is 2.34. The monoisotopic (exact) mass is 272 g/mol. The van der Waals surface area contributed by atoms with E-state index in [0.717, 1.165) is 44.7 Å². The molecule has 5 heteroatoms. The first-order valence-corrected chi connectivity index (χ1v) is 8.26. The van der Waals surface area contributed by atoms with Gasteiger partial charge in [0.1, 0.15) is 0 Å². The van der Waals surface area contributed by atoms with E-state index in [-0.39, 0.29) is 11.9 Å². The second-order valence-electron chi connectivity index (χ2n) is 5.27. The Morgan fingerprint density at radius 3 is 3.17 bits per heavy atom. The van der Waals surface area contributed by atoms with Gasteiger partial charge in [-0.05, 0) is 37.7 Å². The van der Waals surface area contributed by atoms with Gasteiger partial charge >= 0.3 is 0 Å². The van der Waals surface area contributed by atoms with Gasteiger partial charge in [0.15, 0.2) is 0 Å². The van der Waals surface area contributed by atoms with Gasteiger partial charge in [-0.3, -0.25) is 4.79 Å². The average molecular weight is 272 g/mol. The number of ether oxygens (including phenoxy) is 1. The molecule has 18 heavy (non-hydrogen) atoms. The van der Waals surface area contributed by atoms with Gasteiger partial charge in [0.25, 0.3) is 0 Å². The van der Waals surface area contributed by atoms with E-state index < -0.39 is 0 Å². The lowest BCUT2D eigenvalue weighted by atomic mass is 9.88. The van der Waals surface area contributed by atoms with Crippen LogP contribution in [0.15, 0.2) is 0 Å². The number of carbonyl (C=O) groups excluding carboxylic acids is 1. The van der Waals surface area contributed by atoms with E-state index in [9.17, 15) is 4.79 Å². The maximum absolute atomic E-state index is 12.2. The van der Waals surface area contributed by atoms with Gasteiger partial charge in [-0.15, -0.1) is 0 Å². The molecule has 0 radical (unpaired) electrons. The number of piperidine rings is 1. The highest BCUT2D eigenvalue weighted by atomic mass is 32.2. The Balaban J connectivity index is 1.84. The predicted molar refractivity (Wildman–Crippen MR) is 74.6 cm³/mol. The van der Waals surface area contributed by atoms with Crippen LogP contribution in [0.25, 0.3) is 0 Å². The number of rotatable bonds is 4. The van der Waals surface area contributed by atoms with Crippen molar-refractivity contribution in [3.05, 3.63) is 0 Å². The van der Waals surface area contributed by atoms with Crippen LogP contribution in [0.4, 0.5) is 0 Å². The summed E-state index contributed by atoms with van der Waals surface area (Å²) in [7, 11) is 0. The van der Waals surface area contributed by atoms with Crippen molar-refractivity contribution < 1.29 is 9.53 Å². The van der Waals surface area contributed by atoms with Crippen LogP contribution in [0.5, 0.6) is 0 Å². The standard InChI is InChI=1S/C13H24N2O2S/c1-18-8-5-11(14)13(16)15-6-4-12-10(9-15)3-2-7-17-12/h10-12H,2-9,14H2,1H3/t10-,11-,12-/m0/s1. The normalized spacial score (nSPS) is 29.8. The molecule has 2 aliphatic rings. The van der Waals surface area contributed by atoms with E-state index in [2.05, 4.69) is 0 Å². The Labute approximate surface area is 114 Å². The number of nitrogens with two attached hydrogens (primary N) is 1. The molecule has 0 saturated carbocycles. The molecule has 0 aliphatic carbocycles. The van der Waals surface area contributed by atoms with E-state index in [1.54, 1.807) is 11.8 Å². The first-order chi connectivity index (χ1) is 8.72. The van der Waals surface area contributed by atoms with Crippen molar-refractivity contribution in [2.45, 2.75) is 37.8 Å². The fraction of sp³-hybridized carbons (Fsp3) is 0.923. The minimum Gasteiger partial charge on any atom is -0.378 e. The van der Waals surface area contributed by atoms with E-state index in [4.69, 9.17) is 10.5 Å². The lowest BCUT2D eigenvalue weighted by molar-refractivity contribution is -0.139. The third kappa shape index (κ3) is 3.39. The van der Waals surface area contributed by atoms with Gasteiger partial charge in [0.2, 0.25) is 5.91 Å². The lowest BCUT2D eigenvalue weighted by Gasteiger charge is -2.41. The zero-order valence-electron chi connectivity index (χ0n) is 11.1. The molecule has 1 amide bonds. The number of nitrogens with zero attached hydrogens (tertiary/aromatic N) is 1. The van der Waals surface area contributed by atoms with Crippen molar-refractivity contribution >= 4 is 17.7 Å². The van der Waals surface area contributed by atoms with E-state index in [0.29, 0.717) is 12.0 Å². The molecule has 2 aliphatic heterocycles. The summed E-state index contributed by atoms with van der Waals surface area (Å²) < 4.78 is 5.76. The number of thioether (sulfide) groups is 1. The molecule has 0 unspecified atom stereocenters. The van der Waals surface area contributed by atoms with Crippen LogP contribution in [0.3, 0.4) is 0 Å². The number of amides is 1. The Morgan fingerprint density at radius 2 is 2.39 bits per heavy atom. The summed E-state index contributed by atoms with van der Waals surface area (Å²) in [5.74, 6) is 1.62. The summed E-state index contributed by atoms with van der Waals surface area (Å²) in [4.78, 5) is 14.2. The van der Waals surface area contributed by atoms with Gasteiger partial charge < -0.3 is 15.4 Å². The molecule has 0 aromatic heterocycles. The van der Waals surface area contributed by atoms with Crippen molar-refractivity contribution in [3.8, 4) is 0 Å². The van der Waals surface area contributed by atoms with Crippen LogP contribution >= 0.6 is 11.8 Å². The second kappa shape index (κ2) is 6.78. The fourth-order valence-electron chi connectivity index (χ4n) is 2.89. The second-order valence-corrected chi connectivity index (χ2v) is 6.26. The number of likely N-dealkylation sites (tertiary alicyclic amines) is 1. The molecule has 2 heterocycles. The van der Waals surface area contributed by atoms with Gasteiger partial charge in [-0.25, -0.2) is 0 Å². The summed E-state index contributed by atoms with van der Waals surface area (Å²) in [5.41, 5.74) is 5.97. The summed E-state index contributed by atoms with van der Waals surface area (Å²) in [6, 6.07) is -0.321. The summed E-state index contributed by atoms with van der Waals surface area (Å²) in [6.07, 6.45) is 6.50. The third-order valence-corrected chi connectivity index (χ3v) is 4.62. The quantitative estimate of drug-likeness (QED) is 0.832. The van der Waals surface area contributed by atoms with Crippen LogP contribution in [0, 0.1) is 5.92 Å². The van der Waals surface area contributed by atoms with Crippen LogP contribution in [0.1, 0.15) is 25.7 Å². The molecule has 2 N–H and O–H groups in total. The Hall–Kier alpha value is -0.260. The topological polar surface area (TPSA) is 55.6 Å². The van der Waals surface area contributed by atoms with Crippen molar-refractivity contribution in [2.24, 2.45) is 11.7 Å². The minimum atomic E-state index is -0.321.